The topological polar surface area (TPSA) is 57.5 Å². The van der Waals surface area contributed by atoms with E-state index >= 15 is 0 Å². The lowest BCUT2D eigenvalue weighted by atomic mass is 9.46. The molecule has 23 heavy (non-hydrogen) atoms. The second-order valence-corrected chi connectivity index (χ2v) is 8.90. The van der Waals surface area contributed by atoms with Crippen LogP contribution >= 0.6 is 0 Å². The highest BCUT2D eigenvalue weighted by atomic mass is 16.3. The molecule has 0 aliphatic heterocycles. The fourth-order valence-corrected chi connectivity index (χ4v) is 6.92. The monoisotopic (exact) mass is 318 g/mol. The van der Waals surface area contributed by atoms with E-state index in [0.717, 1.165) is 44.9 Å². The summed E-state index contributed by atoms with van der Waals surface area (Å²) >= 11 is 0. The van der Waals surface area contributed by atoms with Crippen LogP contribution in [-0.4, -0.2) is 28.2 Å². The number of ketones is 1. The zero-order chi connectivity index (χ0) is 16.4. The van der Waals surface area contributed by atoms with Gasteiger partial charge in [-0.15, -0.1) is 0 Å². The number of carbonyl (C=O) groups is 1. The highest BCUT2D eigenvalue weighted by Crippen LogP contribution is 2.65. The van der Waals surface area contributed by atoms with Crippen molar-refractivity contribution in [2.75, 3.05) is 0 Å². The smallest absolute Gasteiger partial charge is 0.140 e. The molecule has 0 heterocycles. The van der Waals surface area contributed by atoms with Crippen LogP contribution in [0.15, 0.2) is 11.6 Å². The number of hydrogen-bond acceptors (Lipinski definition) is 3. The van der Waals surface area contributed by atoms with Gasteiger partial charge in [0, 0.05) is 0 Å². The van der Waals surface area contributed by atoms with E-state index in [9.17, 15) is 15.0 Å². The quantitative estimate of drug-likeness (QED) is 0.730. The van der Waals surface area contributed by atoms with Crippen molar-refractivity contribution in [2.45, 2.75) is 77.4 Å². The lowest BCUT2D eigenvalue weighted by molar-refractivity contribution is -0.138. The van der Waals surface area contributed by atoms with Crippen molar-refractivity contribution in [2.24, 2.45) is 28.6 Å². The van der Waals surface area contributed by atoms with Crippen LogP contribution in [0.25, 0.3) is 0 Å². The number of allylic oxidation sites excluding steroid dienone is 1. The van der Waals surface area contributed by atoms with Crippen molar-refractivity contribution in [3.63, 3.8) is 0 Å². The first-order valence-electron chi connectivity index (χ1n) is 9.46. The molecule has 4 rings (SSSR count). The summed E-state index contributed by atoms with van der Waals surface area (Å²) in [6.45, 7) is 4.04. The molecule has 0 saturated heterocycles. The van der Waals surface area contributed by atoms with E-state index in [1.807, 2.05) is 0 Å². The fraction of sp³-hybridized carbons (Fsp3) is 0.850. The third-order valence-electron chi connectivity index (χ3n) is 8.19. The number of fused-ring (bicyclic) bond motifs is 5. The van der Waals surface area contributed by atoms with Crippen LogP contribution in [-0.2, 0) is 4.79 Å². The molecule has 3 fully saturated rings. The van der Waals surface area contributed by atoms with Crippen molar-refractivity contribution in [1.29, 1.82) is 0 Å². The SMILES string of the molecule is CC(=O)[C@]12CC[C@H](O)CC1=CCC1C2CC[C@@]2(C)C1CC[C@@H]2O. The van der Waals surface area contributed by atoms with Crippen LogP contribution in [0.1, 0.15) is 65.2 Å². The van der Waals surface area contributed by atoms with E-state index in [1.165, 1.54) is 5.57 Å². The number of rotatable bonds is 1. The van der Waals surface area contributed by atoms with Gasteiger partial charge in [0.25, 0.3) is 0 Å². The summed E-state index contributed by atoms with van der Waals surface area (Å²) in [5.74, 6) is 1.83. The van der Waals surface area contributed by atoms with Gasteiger partial charge in [-0.05, 0) is 81.5 Å². The van der Waals surface area contributed by atoms with Crippen LogP contribution in [0.2, 0.25) is 0 Å². The molecule has 4 aliphatic carbocycles. The molecule has 0 spiro atoms. The Morgan fingerprint density at radius 2 is 1.91 bits per heavy atom. The molecule has 3 heteroatoms. The molecule has 3 unspecified atom stereocenters. The normalized spacial score (nSPS) is 52.2. The van der Waals surface area contributed by atoms with Crippen LogP contribution in [0, 0.1) is 28.6 Å². The Kier molecular flexibility index (Phi) is 3.55. The lowest BCUT2D eigenvalue weighted by Gasteiger charge is -2.57. The van der Waals surface area contributed by atoms with E-state index in [2.05, 4.69) is 13.0 Å². The molecule has 2 N–H and O–H groups in total. The van der Waals surface area contributed by atoms with Gasteiger partial charge in [0.1, 0.15) is 5.78 Å². The standard InChI is InChI=1S/C20H30O3/c1-12(21)20-10-7-14(22)11-13(20)3-4-15-16-5-6-18(23)19(16,2)9-8-17(15)20/h3,14-18,22-23H,4-11H2,1-2H3/t14-,15?,16?,17?,18-,19-,20+/m0/s1. The van der Waals surface area contributed by atoms with Crippen molar-refractivity contribution < 1.29 is 15.0 Å². The van der Waals surface area contributed by atoms with Gasteiger partial charge in [-0.2, -0.15) is 0 Å². The Balaban J connectivity index is 1.75. The molecule has 0 aromatic heterocycles. The van der Waals surface area contributed by atoms with E-state index in [0.29, 0.717) is 30.0 Å². The van der Waals surface area contributed by atoms with Crippen LogP contribution in [0.4, 0.5) is 0 Å². The maximum atomic E-state index is 12.8. The molecule has 7 atom stereocenters. The van der Waals surface area contributed by atoms with Crippen LogP contribution < -0.4 is 0 Å². The number of hydrogen-bond donors (Lipinski definition) is 2. The lowest BCUT2D eigenvalue weighted by Crippen LogP contribution is -2.54. The third-order valence-corrected chi connectivity index (χ3v) is 8.19. The molecular weight excluding hydrogens is 288 g/mol. The number of carbonyl (C=O) groups excluding carboxylic acids is 1. The summed E-state index contributed by atoms with van der Waals surface area (Å²) in [7, 11) is 0. The van der Waals surface area contributed by atoms with E-state index in [4.69, 9.17) is 0 Å². The second-order valence-electron chi connectivity index (χ2n) is 8.90. The maximum absolute atomic E-state index is 12.8. The zero-order valence-corrected chi connectivity index (χ0v) is 14.4. The predicted octanol–water partition coefficient (Wildman–Crippen LogP) is 3.24. The van der Waals surface area contributed by atoms with Crippen molar-refractivity contribution in [1.82, 2.24) is 0 Å². The molecular formula is C20H30O3. The third kappa shape index (κ3) is 1.99. The Labute approximate surface area is 139 Å². The zero-order valence-electron chi connectivity index (χ0n) is 14.4. The summed E-state index contributed by atoms with van der Waals surface area (Å²) in [5, 5.41) is 20.6. The Bertz CT molecular complexity index is 553. The second kappa shape index (κ2) is 5.16. The first-order chi connectivity index (χ1) is 10.9. The Hall–Kier alpha value is -0.670. The highest BCUT2D eigenvalue weighted by Gasteiger charge is 2.61. The Morgan fingerprint density at radius 1 is 1.13 bits per heavy atom. The van der Waals surface area contributed by atoms with Gasteiger partial charge in [0.2, 0.25) is 0 Å². The average molecular weight is 318 g/mol. The minimum Gasteiger partial charge on any atom is -0.393 e. The van der Waals surface area contributed by atoms with Gasteiger partial charge < -0.3 is 10.2 Å². The van der Waals surface area contributed by atoms with Gasteiger partial charge in [-0.25, -0.2) is 0 Å². The number of aliphatic hydroxyl groups is 2. The first kappa shape index (κ1) is 15.8. The van der Waals surface area contributed by atoms with Crippen molar-refractivity contribution in [3.8, 4) is 0 Å². The van der Waals surface area contributed by atoms with Gasteiger partial charge in [-0.1, -0.05) is 18.6 Å². The average Bonchev–Trinajstić information content (AvgIpc) is 2.82. The van der Waals surface area contributed by atoms with Gasteiger partial charge in [-0.3, -0.25) is 4.79 Å². The summed E-state index contributed by atoms with van der Waals surface area (Å²) in [5.41, 5.74) is 0.975. The molecule has 0 radical (unpaired) electrons. The first-order valence-corrected chi connectivity index (χ1v) is 9.46. The van der Waals surface area contributed by atoms with Crippen LogP contribution in [0.5, 0.6) is 0 Å². The van der Waals surface area contributed by atoms with Gasteiger partial charge >= 0.3 is 0 Å². The summed E-state index contributed by atoms with van der Waals surface area (Å²) in [6, 6.07) is 0. The summed E-state index contributed by atoms with van der Waals surface area (Å²) < 4.78 is 0. The molecule has 4 aliphatic rings. The summed E-state index contributed by atoms with van der Waals surface area (Å²) in [6.07, 6.45) is 9.29. The largest absolute Gasteiger partial charge is 0.393 e. The van der Waals surface area contributed by atoms with E-state index in [1.54, 1.807) is 6.92 Å². The number of aliphatic hydroxyl groups excluding tert-OH is 2. The van der Waals surface area contributed by atoms with Crippen LogP contribution in [0.3, 0.4) is 0 Å². The van der Waals surface area contributed by atoms with Gasteiger partial charge in [0.05, 0.1) is 17.6 Å². The number of Topliss-reactive ketones (excluding diaryl/α,β-unsaturated/α-hetero) is 1. The molecule has 0 bridgehead atoms. The predicted molar refractivity (Wildman–Crippen MR) is 88.7 cm³/mol. The maximum Gasteiger partial charge on any atom is 0.140 e. The van der Waals surface area contributed by atoms with Gasteiger partial charge in [0.15, 0.2) is 0 Å². The minimum atomic E-state index is -0.309. The Morgan fingerprint density at radius 3 is 2.65 bits per heavy atom. The molecule has 3 nitrogen and oxygen atoms in total. The van der Waals surface area contributed by atoms with E-state index < -0.39 is 0 Å². The fourth-order valence-electron chi connectivity index (χ4n) is 6.92. The van der Waals surface area contributed by atoms with E-state index in [-0.39, 0.29) is 23.0 Å². The van der Waals surface area contributed by atoms with Crippen molar-refractivity contribution >= 4 is 5.78 Å². The molecule has 3 saturated carbocycles. The molecule has 0 amide bonds. The van der Waals surface area contributed by atoms with Crippen molar-refractivity contribution in [3.05, 3.63) is 11.6 Å². The summed E-state index contributed by atoms with van der Waals surface area (Å²) in [4.78, 5) is 12.8. The molecule has 0 aromatic rings. The molecule has 128 valence electrons. The molecule has 0 aromatic carbocycles. The minimum absolute atomic E-state index is 0.0542. The highest BCUT2D eigenvalue weighted by molar-refractivity contribution is 5.86.